The van der Waals surface area contributed by atoms with Gasteiger partial charge in [0.1, 0.15) is 24.1 Å². The van der Waals surface area contributed by atoms with E-state index in [0.29, 0.717) is 18.4 Å². The third-order valence-electron chi connectivity index (χ3n) is 2.79. The highest BCUT2D eigenvalue weighted by Gasteiger charge is 2.26. The van der Waals surface area contributed by atoms with Crippen LogP contribution in [0.1, 0.15) is 24.8 Å². The molecule has 3 nitrogen and oxygen atoms in total. The van der Waals surface area contributed by atoms with E-state index in [1.54, 1.807) is 18.2 Å². The molecule has 1 unspecified atom stereocenters. The molecule has 0 aromatic heterocycles. The van der Waals surface area contributed by atoms with Gasteiger partial charge in [0.25, 0.3) is 0 Å². The van der Waals surface area contributed by atoms with Crippen molar-refractivity contribution in [3.8, 4) is 0 Å². The second kappa shape index (κ2) is 5.08. The maximum absolute atomic E-state index is 13.3. The average Bonchev–Trinajstić information content (AvgIpc) is 2.27. The van der Waals surface area contributed by atoms with Gasteiger partial charge in [-0.05, 0) is 24.5 Å². The summed E-state index contributed by atoms with van der Waals surface area (Å²) < 4.78 is 18.4. The first-order valence-corrected chi connectivity index (χ1v) is 5.60. The number of aryl methyl sites for hydroxylation is 1. The Morgan fingerprint density at radius 1 is 1.29 bits per heavy atom. The van der Waals surface area contributed by atoms with Gasteiger partial charge in [-0.15, -0.1) is 0 Å². The van der Waals surface area contributed by atoms with Crippen molar-refractivity contribution in [1.82, 2.24) is 0 Å². The molecule has 0 radical (unpaired) electrons. The Morgan fingerprint density at radius 3 is 2.76 bits per heavy atom. The number of carbonyl (C=O) groups excluding carboxylic acids is 2. The van der Waals surface area contributed by atoms with Crippen molar-refractivity contribution < 1.29 is 18.7 Å². The highest BCUT2D eigenvalue weighted by Crippen LogP contribution is 2.18. The normalized spacial score (nSPS) is 20.2. The number of hydrogen-bond donors (Lipinski definition) is 0. The summed E-state index contributed by atoms with van der Waals surface area (Å²) in [5.41, 5.74) is 0.585. The molecule has 0 spiro atoms. The summed E-state index contributed by atoms with van der Waals surface area (Å²) in [6.45, 7) is 0. The number of ether oxygens (including phenoxy) is 1. The van der Waals surface area contributed by atoms with Gasteiger partial charge in [0, 0.05) is 6.42 Å². The molecule has 0 bridgehead atoms. The van der Waals surface area contributed by atoms with Crippen LogP contribution >= 0.6 is 0 Å². The molecule has 1 aliphatic heterocycles. The van der Waals surface area contributed by atoms with Crippen LogP contribution in [0.3, 0.4) is 0 Å². The lowest BCUT2D eigenvalue weighted by atomic mass is 10.00. The zero-order chi connectivity index (χ0) is 12.3. The molecule has 2 rings (SSSR count). The third kappa shape index (κ3) is 3.12. The highest BCUT2D eigenvalue weighted by molar-refractivity contribution is 5.97. The zero-order valence-corrected chi connectivity index (χ0v) is 9.32. The summed E-state index contributed by atoms with van der Waals surface area (Å²) in [5, 5.41) is 0. The van der Waals surface area contributed by atoms with Gasteiger partial charge in [0.05, 0.1) is 0 Å². The first kappa shape index (κ1) is 11.8. The number of Topliss-reactive ketones (excluding diaryl/α,β-unsaturated/α-hetero) is 1. The topological polar surface area (TPSA) is 43.4 Å². The van der Waals surface area contributed by atoms with E-state index in [2.05, 4.69) is 0 Å². The summed E-state index contributed by atoms with van der Waals surface area (Å²) in [4.78, 5) is 22.2. The first-order chi connectivity index (χ1) is 8.15. The zero-order valence-electron chi connectivity index (χ0n) is 9.32. The Bertz CT molecular complexity index is 426. The van der Waals surface area contributed by atoms with Crippen molar-refractivity contribution in [2.75, 3.05) is 0 Å². The van der Waals surface area contributed by atoms with Crippen LogP contribution in [-0.2, 0) is 20.7 Å². The molecule has 0 saturated carbocycles. The van der Waals surface area contributed by atoms with E-state index >= 15 is 0 Å². The van der Waals surface area contributed by atoms with Crippen molar-refractivity contribution in [3.05, 3.63) is 35.6 Å². The predicted octanol–water partition coefficient (Wildman–Crippen LogP) is 2.03. The lowest BCUT2D eigenvalue weighted by Gasteiger charge is -2.21. The monoisotopic (exact) mass is 236 g/mol. The SMILES string of the molecule is O=C1CC(=O)OC(CCc2ccccc2F)C1. The number of benzene rings is 1. The molecule has 0 N–H and O–H groups in total. The smallest absolute Gasteiger partial charge is 0.313 e. The molecule has 1 aliphatic rings. The van der Waals surface area contributed by atoms with E-state index in [0.717, 1.165) is 0 Å². The molecule has 4 heteroatoms. The molecular formula is C13H13FO3. The lowest BCUT2D eigenvalue weighted by Crippen LogP contribution is -2.30. The van der Waals surface area contributed by atoms with Crippen LogP contribution in [0.15, 0.2) is 24.3 Å². The van der Waals surface area contributed by atoms with Crippen LogP contribution in [0, 0.1) is 5.82 Å². The number of ketones is 1. The van der Waals surface area contributed by atoms with Gasteiger partial charge >= 0.3 is 5.97 Å². The van der Waals surface area contributed by atoms with E-state index in [1.807, 2.05) is 0 Å². The molecule has 1 atom stereocenters. The molecule has 1 saturated heterocycles. The number of esters is 1. The van der Waals surface area contributed by atoms with Crippen molar-refractivity contribution in [2.45, 2.75) is 31.8 Å². The highest BCUT2D eigenvalue weighted by atomic mass is 19.1. The Kier molecular flexibility index (Phi) is 3.52. The molecule has 1 fully saturated rings. The van der Waals surface area contributed by atoms with Gasteiger partial charge in [0.15, 0.2) is 0 Å². The summed E-state index contributed by atoms with van der Waals surface area (Å²) >= 11 is 0. The molecule has 0 aliphatic carbocycles. The van der Waals surface area contributed by atoms with Crippen molar-refractivity contribution in [3.63, 3.8) is 0 Å². The second-order valence-corrected chi connectivity index (χ2v) is 4.16. The van der Waals surface area contributed by atoms with E-state index in [9.17, 15) is 14.0 Å². The standard InChI is InChI=1S/C13H13FO3/c14-12-4-2-1-3-9(12)5-6-11-7-10(15)8-13(16)17-11/h1-4,11H,5-8H2. The molecule has 90 valence electrons. The van der Waals surface area contributed by atoms with E-state index in [4.69, 9.17) is 4.74 Å². The molecule has 1 aromatic rings. The Labute approximate surface area is 98.6 Å². The van der Waals surface area contributed by atoms with E-state index < -0.39 is 12.1 Å². The van der Waals surface area contributed by atoms with Crippen LogP contribution in [0.5, 0.6) is 0 Å². The number of carbonyl (C=O) groups is 2. The second-order valence-electron chi connectivity index (χ2n) is 4.16. The lowest BCUT2D eigenvalue weighted by molar-refractivity contribution is -0.157. The molecular weight excluding hydrogens is 223 g/mol. The minimum absolute atomic E-state index is 0.0974. The largest absolute Gasteiger partial charge is 0.462 e. The van der Waals surface area contributed by atoms with Gasteiger partial charge in [-0.25, -0.2) is 4.39 Å². The van der Waals surface area contributed by atoms with Crippen LogP contribution < -0.4 is 0 Å². The Hall–Kier alpha value is -1.71. The number of halogens is 1. The Balaban J connectivity index is 1.92. The van der Waals surface area contributed by atoms with Crippen molar-refractivity contribution >= 4 is 11.8 Å². The fourth-order valence-electron chi connectivity index (χ4n) is 1.93. The first-order valence-electron chi connectivity index (χ1n) is 5.60. The summed E-state index contributed by atoms with van der Waals surface area (Å²) in [7, 11) is 0. The third-order valence-corrected chi connectivity index (χ3v) is 2.79. The molecule has 0 amide bonds. The fourth-order valence-corrected chi connectivity index (χ4v) is 1.93. The summed E-state index contributed by atoms with van der Waals surface area (Å²) in [6.07, 6.45) is 0.676. The number of cyclic esters (lactones) is 1. The quantitative estimate of drug-likeness (QED) is 0.595. The number of rotatable bonds is 3. The Morgan fingerprint density at radius 2 is 2.06 bits per heavy atom. The van der Waals surface area contributed by atoms with E-state index in [1.165, 1.54) is 6.07 Å². The van der Waals surface area contributed by atoms with Crippen LogP contribution in [0.2, 0.25) is 0 Å². The molecule has 1 aromatic carbocycles. The van der Waals surface area contributed by atoms with E-state index in [-0.39, 0.29) is 24.4 Å². The van der Waals surface area contributed by atoms with Gasteiger partial charge in [0.2, 0.25) is 0 Å². The summed E-state index contributed by atoms with van der Waals surface area (Å²) in [6, 6.07) is 6.48. The maximum Gasteiger partial charge on any atom is 0.313 e. The average molecular weight is 236 g/mol. The molecule has 17 heavy (non-hydrogen) atoms. The maximum atomic E-state index is 13.3. The van der Waals surface area contributed by atoms with Gasteiger partial charge in [-0.2, -0.15) is 0 Å². The molecule has 1 heterocycles. The van der Waals surface area contributed by atoms with Crippen molar-refractivity contribution in [1.29, 1.82) is 0 Å². The van der Waals surface area contributed by atoms with Gasteiger partial charge < -0.3 is 4.74 Å². The number of hydrogen-bond acceptors (Lipinski definition) is 3. The van der Waals surface area contributed by atoms with Crippen molar-refractivity contribution in [2.24, 2.45) is 0 Å². The minimum Gasteiger partial charge on any atom is -0.462 e. The predicted molar refractivity (Wildman–Crippen MR) is 58.8 cm³/mol. The van der Waals surface area contributed by atoms with Crippen LogP contribution in [0.4, 0.5) is 4.39 Å². The van der Waals surface area contributed by atoms with Gasteiger partial charge in [-0.3, -0.25) is 9.59 Å². The van der Waals surface area contributed by atoms with Crippen LogP contribution in [0.25, 0.3) is 0 Å². The van der Waals surface area contributed by atoms with Gasteiger partial charge in [-0.1, -0.05) is 18.2 Å². The fraction of sp³-hybridized carbons (Fsp3) is 0.385. The summed E-state index contributed by atoms with van der Waals surface area (Å²) in [5.74, 6) is -0.833. The van der Waals surface area contributed by atoms with Crippen LogP contribution in [-0.4, -0.2) is 17.9 Å². The minimum atomic E-state index is -0.472.